The summed E-state index contributed by atoms with van der Waals surface area (Å²) in [6.45, 7) is 0. The smallest absolute Gasteiger partial charge is 0.173 e. The second kappa shape index (κ2) is 3.68. The van der Waals surface area contributed by atoms with Crippen LogP contribution in [0.25, 0.3) is 22.6 Å². The van der Waals surface area contributed by atoms with Crippen molar-refractivity contribution in [1.82, 2.24) is 9.97 Å². The van der Waals surface area contributed by atoms with E-state index in [0.717, 1.165) is 22.4 Å². The number of furan rings is 1. The first-order chi connectivity index (χ1) is 7.86. The molecule has 80 valence electrons. The molecule has 3 rings (SSSR count). The minimum Gasteiger partial charge on any atom is -0.453 e. The van der Waals surface area contributed by atoms with Gasteiger partial charge in [-0.05, 0) is 12.1 Å². The van der Waals surface area contributed by atoms with E-state index < -0.39 is 0 Å². The van der Waals surface area contributed by atoms with Crippen LogP contribution >= 0.6 is 11.6 Å². The summed E-state index contributed by atoms with van der Waals surface area (Å²) in [5, 5.41) is 1.07. The number of benzene rings is 1. The minimum atomic E-state index is 0.424. The van der Waals surface area contributed by atoms with Crippen molar-refractivity contribution in [2.24, 2.45) is 0 Å². The van der Waals surface area contributed by atoms with Gasteiger partial charge < -0.3 is 9.40 Å². The number of aromatic nitrogens is 2. The number of hydrogen-bond donors (Lipinski definition) is 1. The van der Waals surface area contributed by atoms with Gasteiger partial charge in [0.2, 0.25) is 0 Å². The highest BCUT2D eigenvalue weighted by atomic mass is 35.5. The van der Waals surface area contributed by atoms with Crippen LogP contribution in [0.15, 0.2) is 40.9 Å². The Morgan fingerprint density at radius 1 is 1.31 bits per heavy atom. The highest BCUT2D eigenvalue weighted by molar-refractivity contribution is 6.16. The van der Waals surface area contributed by atoms with E-state index >= 15 is 0 Å². The lowest BCUT2D eigenvalue weighted by molar-refractivity contribution is 0.626. The average Bonchev–Trinajstić information content (AvgIpc) is 2.95. The molecule has 0 unspecified atom stereocenters. The monoisotopic (exact) mass is 232 g/mol. The Balaban J connectivity index is 2.11. The van der Waals surface area contributed by atoms with Crippen LogP contribution in [-0.4, -0.2) is 9.97 Å². The maximum Gasteiger partial charge on any atom is 0.173 e. The van der Waals surface area contributed by atoms with E-state index in [1.807, 2.05) is 30.3 Å². The molecule has 0 aliphatic carbocycles. The van der Waals surface area contributed by atoms with E-state index in [-0.39, 0.29) is 0 Å². The fourth-order valence-corrected chi connectivity index (χ4v) is 1.79. The van der Waals surface area contributed by atoms with Gasteiger partial charge in [-0.2, -0.15) is 0 Å². The van der Waals surface area contributed by atoms with E-state index in [4.69, 9.17) is 16.0 Å². The molecule has 1 N–H and O–H groups in total. The van der Waals surface area contributed by atoms with E-state index in [1.165, 1.54) is 0 Å². The van der Waals surface area contributed by atoms with E-state index in [9.17, 15) is 0 Å². The zero-order valence-corrected chi connectivity index (χ0v) is 9.16. The van der Waals surface area contributed by atoms with Crippen LogP contribution in [-0.2, 0) is 5.88 Å². The Labute approximate surface area is 97.1 Å². The summed E-state index contributed by atoms with van der Waals surface area (Å²) in [4.78, 5) is 7.32. The molecule has 0 aliphatic heterocycles. The lowest BCUT2D eigenvalue weighted by Gasteiger charge is -1.88. The molecule has 3 nitrogen and oxygen atoms in total. The molecular weight excluding hydrogens is 224 g/mol. The quantitative estimate of drug-likeness (QED) is 0.687. The number of alkyl halides is 1. The number of nitrogens with zero attached hydrogens (tertiary/aromatic N) is 1. The Bertz CT molecular complexity index is 594. The summed E-state index contributed by atoms with van der Waals surface area (Å²) in [6.07, 6.45) is 1.72. The minimum absolute atomic E-state index is 0.424. The number of fused-ring (bicyclic) bond motifs is 1. The van der Waals surface area contributed by atoms with Crippen LogP contribution in [0.5, 0.6) is 0 Å². The van der Waals surface area contributed by atoms with Crippen LogP contribution in [0, 0.1) is 0 Å². The summed E-state index contributed by atoms with van der Waals surface area (Å²) >= 11 is 5.70. The molecule has 0 aliphatic rings. The number of imidazole rings is 1. The van der Waals surface area contributed by atoms with Crippen molar-refractivity contribution >= 4 is 22.6 Å². The number of rotatable bonds is 2. The summed E-state index contributed by atoms with van der Waals surface area (Å²) < 4.78 is 5.68. The normalized spacial score (nSPS) is 11.1. The van der Waals surface area contributed by atoms with Crippen LogP contribution in [0.3, 0.4) is 0 Å². The lowest BCUT2D eigenvalue weighted by atomic mass is 10.2. The Morgan fingerprint density at radius 3 is 2.94 bits per heavy atom. The molecule has 16 heavy (non-hydrogen) atoms. The largest absolute Gasteiger partial charge is 0.453 e. The predicted molar refractivity (Wildman–Crippen MR) is 63.4 cm³/mol. The summed E-state index contributed by atoms with van der Waals surface area (Å²) in [6, 6.07) is 9.83. The van der Waals surface area contributed by atoms with E-state index in [1.54, 1.807) is 6.20 Å². The van der Waals surface area contributed by atoms with Crippen molar-refractivity contribution in [3.05, 3.63) is 42.2 Å². The molecule has 3 aromatic rings. The molecule has 0 radical (unpaired) electrons. The molecule has 0 bridgehead atoms. The van der Waals surface area contributed by atoms with Gasteiger partial charge in [-0.1, -0.05) is 18.2 Å². The van der Waals surface area contributed by atoms with Crippen molar-refractivity contribution in [3.8, 4) is 11.6 Å². The number of aromatic amines is 1. The lowest BCUT2D eigenvalue weighted by Crippen LogP contribution is -1.77. The second-order valence-corrected chi connectivity index (χ2v) is 3.81. The fraction of sp³-hybridized carbons (Fsp3) is 0.0833. The van der Waals surface area contributed by atoms with Gasteiger partial charge in [-0.25, -0.2) is 4.98 Å². The topological polar surface area (TPSA) is 41.8 Å². The number of H-pyrrole nitrogens is 1. The molecule has 1 aromatic carbocycles. The van der Waals surface area contributed by atoms with Gasteiger partial charge in [-0.15, -0.1) is 11.6 Å². The van der Waals surface area contributed by atoms with E-state index in [0.29, 0.717) is 11.7 Å². The third-order valence-corrected chi connectivity index (χ3v) is 2.72. The van der Waals surface area contributed by atoms with Gasteiger partial charge in [-0.3, -0.25) is 0 Å². The Hall–Kier alpha value is -1.74. The highest BCUT2D eigenvalue weighted by Crippen LogP contribution is 2.25. The molecule has 0 spiro atoms. The van der Waals surface area contributed by atoms with Crippen LogP contribution in [0.4, 0.5) is 0 Å². The van der Waals surface area contributed by atoms with Crippen molar-refractivity contribution in [1.29, 1.82) is 0 Å². The fourth-order valence-electron chi connectivity index (χ4n) is 1.65. The molecule has 2 heterocycles. The second-order valence-electron chi connectivity index (χ2n) is 3.54. The summed E-state index contributed by atoms with van der Waals surface area (Å²) in [5.41, 5.74) is 1.75. The van der Waals surface area contributed by atoms with Crippen molar-refractivity contribution in [2.75, 3.05) is 0 Å². The molecule has 0 atom stereocenters. The third-order valence-electron chi connectivity index (χ3n) is 2.43. The zero-order valence-electron chi connectivity index (χ0n) is 8.40. The van der Waals surface area contributed by atoms with Crippen molar-refractivity contribution in [2.45, 2.75) is 5.88 Å². The maximum atomic E-state index is 5.70. The van der Waals surface area contributed by atoms with Gasteiger partial charge in [0.25, 0.3) is 0 Å². The van der Waals surface area contributed by atoms with Gasteiger partial charge >= 0.3 is 0 Å². The first-order valence-corrected chi connectivity index (χ1v) is 5.49. The van der Waals surface area contributed by atoms with Crippen LogP contribution in [0.2, 0.25) is 0 Å². The molecule has 0 fully saturated rings. The Morgan fingerprint density at radius 2 is 2.19 bits per heavy atom. The number of nitrogens with one attached hydrogen (secondary N) is 1. The van der Waals surface area contributed by atoms with Gasteiger partial charge in [0.1, 0.15) is 5.58 Å². The predicted octanol–water partition coefficient (Wildman–Crippen LogP) is 3.56. The summed E-state index contributed by atoms with van der Waals surface area (Å²) in [7, 11) is 0. The summed E-state index contributed by atoms with van der Waals surface area (Å²) in [5.74, 6) is 1.87. The van der Waals surface area contributed by atoms with Crippen LogP contribution < -0.4 is 0 Å². The van der Waals surface area contributed by atoms with Crippen molar-refractivity contribution in [3.63, 3.8) is 0 Å². The van der Waals surface area contributed by atoms with Crippen molar-refractivity contribution < 1.29 is 4.42 Å². The number of halogens is 1. The first-order valence-electron chi connectivity index (χ1n) is 4.95. The molecular formula is C12H9ClN2O. The van der Waals surface area contributed by atoms with Gasteiger partial charge in [0.05, 0.1) is 11.6 Å². The van der Waals surface area contributed by atoms with E-state index in [2.05, 4.69) is 9.97 Å². The zero-order chi connectivity index (χ0) is 11.0. The van der Waals surface area contributed by atoms with Gasteiger partial charge in [0.15, 0.2) is 11.6 Å². The van der Waals surface area contributed by atoms with Crippen LogP contribution in [0.1, 0.15) is 5.69 Å². The number of para-hydroxylation sites is 1. The highest BCUT2D eigenvalue weighted by Gasteiger charge is 2.08. The first kappa shape index (κ1) is 9.48. The molecule has 4 heteroatoms. The maximum absolute atomic E-state index is 5.70. The molecule has 2 aromatic heterocycles. The third kappa shape index (κ3) is 1.49. The molecule has 0 saturated heterocycles. The number of hydrogen-bond acceptors (Lipinski definition) is 2. The SMILES string of the molecule is ClCc1cnc(-c2cc3ccccc3o2)[nH]1. The standard InChI is InChI=1S/C12H9ClN2O/c13-6-9-7-14-12(15-9)11-5-8-3-1-2-4-10(8)16-11/h1-5,7H,6H2,(H,14,15). The Kier molecular flexibility index (Phi) is 2.18. The van der Waals surface area contributed by atoms with Gasteiger partial charge in [0, 0.05) is 11.6 Å². The molecule has 0 amide bonds. The average molecular weight is 233 g/mol. The molecule has 0 saturated carbocycles.